The van der Waals surface area contributed by atoms with Gasteiger partial charge in [-0.3, -0.25) is 9.62 Å². The van der Waals surface area contributed by atoms with Crippen molar-refractivity contribution in [2.24, 2.45) is 5.41 Å². The summed E-state index contributed by atoms with van der Waals surface area (Å²) in [4.78, 5) is 6.10. The van der Waals surface area contributed by atoms with Gasteiger partial charge in [0.15, 0.2) is 0 Å². The average Bonchev–Trinajstić information content (AvgIpc) is 3.60. The fraction of sp³-hybridized carbons (Fsp3) is 0.500. The zero-order valence-electron chi connectivity index (χ0n) is 21.3. The summed E-state index contributed by atoms with van der Waals surface area (Å²) in [6.07, 6.45) is -0.597. The second-order valence-corrected chi connectivity index (χ2v) is 12.9. The van der Waals surface area contributed by atoms with E-state index in [-0.39, 0.29) is 29.2 Å². The molecule has 1 aliphatic heterocycles. The van der Waals surface area contributed by atoms with Crippen molar-refractivity contribution in [3.63, 3.8) is 0 Å². The van der Waals surface area contributed by atoms with Crippen LogP contribution < -0.4 is 9.46 Å². The Labute approximate surface area is 225 Å². The maximum Gasteiger partial charge on any atom is 0.418 e. The highest BCUT2D eigenvalue weighted by molar-refractivity contribution is 7.89. The Hall–Kier alpha value is -2.37. The van der Waals surface area contributed by atoms with E-state index in [1.165, 1.54) is 6.07 Å². The monoisotopic (exact) mass is 575 g/mol. The number of nitrogens with one attached hydrogen (secondary N) is 1. The number of likely N-dealkylation sites (tertiary alicyclic amines) is 1. The molecule has 0 spiro atoms. The predicted molar refractivity (Wildman–Crippen MR) is 138 cm³/mol. The highest BCUT2D eigenvalue weighted by Gasteiger charge is 2.39. The summed E-state index contributed by atoms with van der Waals surface area (Å²) in [5, 5.41) is -0.487. The maximum atomic E-state index is 15.1. The number of halogens is 5. The summed E-state index contributed by atoms with van der Waals surface area (Å²) in [6.45, 7) is 9.26. The fourth-order valence-corrected chi connectivity index (χ4v) is 5.71. The summed E-state index contributed by atoms with van der Waals surface area (Å²) < 4.78 is 86.2. The zero-order chi connectivity index (χ0) is 28.0. The number of nitrogens with zero attached hydrogens (tertiary/aromatic N) is 2. The minimum absolute atomic E-state index is 0.0120. The van der Waals surface area contributed by atoms with Crippen LogP contribution in [-0.2, 0) is 22.7 Å². The normalized spacial score (nSPS) is 20.3. The molecule has 1 unspecified atom stereocenters. The molecule has 2 fully saturated rings. The first kappa shape index (κ1) is 28.6. The first-order valence-electron chi connectivity index (χ1n) is 12.1. The predicted octanol–water partition coefficient (Wildman–Crippen LogP) is 5.97. The van der Waals surface area contributed by atoms with Gasteiger partial charge in [0.2, 0.25) is 15.9 Å². The second kappa shape index (κ2) is 10.3. The maximum absolute atomic E-state index is 15.1. The molecular weight excluding hydrogens is 546 g/mol. The van der Waals surface area contributed by atoms with E-state index in [4.69, 9.17) is 16.3 Å². The Kier molecular flexibility index (Phi) is 7.77. The Morgan fingerprint density at radius 3 is 2.53 bits per heavy atom. The third-order valence-corrected chi connectivity index (χ3v) is 7.80. The Bertz CT molecular complexity index is 1340. The van der Waals surface area contributed by atoms with Crippen LogP contribution in [0.2, 0.25) is 5.02 Å². The van der Waals surface area contributed by atoms with Crippen LogP contribution >= 0.6 is 11.6 Å². The second-order valence-electron chi connectivity index (χ2n) is 10.8. The molecule has 1 N–H and O–H groups in total. The molecule has 2 aliphatic rings. The molecule has 2 aromatic rings. The van der Waals surface area contributed by atoms with Crippen LogP contribution in [0.5, 0.6) is 5.88 Å². The highest BCUT2D eigenvalue weighted by atomic mass is 35.5. The number of ether oxygens (including phenoxy) is 1. The van der Waals surface area contributed by atoms with Gasteiger partial charge in [-0.25, -0.2) is 17.8 Å². The summed E-state index contributed by atoms with van der Waals surface area (Å²) in [7, 11) is -3.59. The number of piperidine rings is 1. The van der Waals surface area contributed by atoms with E-state index in [2.05, 4.69) is 21.2 Å². The lowest BCUT2D eigenvalue weighted by Gasteiger charge is -2.44. The first-order chi connectivity index (χ1) is 17.5. The number of sulfonamides is 1. The van der Waals surface area contributed by atoms with Gasteiger partial charge in [0.25, 0.3) is 0 Å². The highest BCUT2D eigenvalue weighted by Crippen LogP contribution is 2.44. The van der Waals surface area contributed by atoms with Crippen LogP contribution in [0, 0.1) is 11.2 Å². The SMILES string of the molecule is C=C(NS(C)(=O)=O)c1cc(C2CC2)c(CN2CCC(Oc3cc(C(F)(F)F)c(Cl)cn3)C(C)(C)C2)cc1F. The first-order valence-corrected chi connectivity index (χ1v) is 14.4. The molecule has 1 aromatic carbocycles. The van der Waals surface area contributed by atoms with Gasteiger partial charge in [0.05, 0.1) is 28.7 Å². The van der Waals surface area contributed by atoms with Crippen molar-refractivity contribution >= 4 is 27.3 Å². The molecule has 1 saturated heterocycles. The van der Waals surface area contributed by atoms with E-state index in [1.54, 1.807) is 6.07 Å². The third kappa shape index (κ3) is 6.79. The molecule has 6 nitrogen and oxygen atoms in total. The molecule has 1 aliphatic carbocycles. The lowest BCUT2D eigenvalue weighted by atomic mass is 9.80. The largest absolute Gasteiger partial charge is 0.474 e. The van der Waals surface area contributed by atoms with Crippen molar-refractivity contribution in [3.8, 4) is 5.88 Å². The van der Waals surface area contributed by atoms with E-state index in [1.807, 2.05) is 13.8 Å². The van der Waals surface area contributed by atoms with Crippen molar-refractivity contribution in [3.05, 3.63) is 64.1 Å². The van der Waals surface area contributed by atoms with Crippen LogP contribution in [0.3, 0.4) is 0 Å². The Morgan fingerprint density at radius 1 is 1.26 bits per heavy atom. The lowest BCUT2D eigenvalue weighted by Crippen LogP contribution is -2.50. The number of hydrogen-bond acceptors (Lipinski definition) is 5. The molecule has 0 radical (unpaired) electrons. The smallest absolute Gasteiger partial charge is 0.418 e. The van der Waals surface area contributed by atoms with E-state index in [0.29, 0.717) is 26.1 Å². The van der Waals surface area contributed by atoms with Gasteiger partial charge in [-0.05, 0) is 48.4 Å². The topological polar surface area (TPSA) is 71.5 Å². The summed E-state index contributed by atoms with van der Waals surface area (Å²) >= 11 is 5.67. The molecule has 4 rings (SSSR count). The standard InChI is InChI=1S/C26H30ClF4N3O3S/c1-15(33-38(4,35)36)18-10-19(16-5-6-16)17(9-22(18)28)13-34-8-7-23(25(2,3)14-34)37-24-11-20(26(29,30)31)21(27)12-32-24/h9-12,16,23,33H,1,5-8,13-14H2,2-4H3. The number of aromatic nitrogens is 1. The van der Waals surface area contributed by atoms with Gasteiger partial charge in [-0.1, -0.05) is 32.0 Å². The van der Waals surface area contributed by atoms with E-state index < -0.39 is 38.0 Å². The van der Waals surface area contributed by atoms with Crippen molar-refractivity contribution in [1.82, 2.24) is 14.6 Å². The number of rotatable bonds is 8. The minimum Gasteiger partial charge on any atom is -0.474 e. The molecule has 208 valence electrons. The number of benzene rings is 1. The molecule has 12 heteroatoms. The Balaban J connectivity index is 1.49. The lowest BCUT2D eigenvalue weighted by molar-refractivity contribution is -0.137. The molecule has 1 atom stereocenters. The summed E-state index contributed by atoms with van der Waals surface area (Å²) in [6, 6.07) is 3.96. The van der Waals surface area contributed by atoms with Crippen LogP contribution in [0.25, 0.3) is 5.70 Å². The van der Waals surface area contributed by atoms with Gasteiger partial charge in [-0.15, -0.1) is 0 Å². The summed E-state index contributed by atoms with van der Waals surface area (Å²) in [5.74, 6) is -0.412. The number of alkyl halides is 3. The average molecular weight is 576 g/mol. The van der Waals surface area contributed by atoms with Crippen molar-refractivity contribution < 1.29 is 30.7 Å². The van der Waals surface area contributed by atoms with Crippen LogP contribution in [-0.4, -0.2) is 43.8 Å². The molecule has 0 amide bonds. The third-order valence-electron chi connectivity index (χ3n) is 6.88. The molecule has 1 aromatic heterocycles. The van der Waals surface area contributed by atoms with Gasteiger partial charge in [0, 0.05) is 36.7 Å². The zero-order valence-corrected chi connectivity index (χ0v) is 22.9. The number of hydrogen-bond donors (Lipinski definition) is 1. The van der Waals surface area contributed by atoms with Gasteiger partial charge in [-0.2, -0.15) is 13.2 Å². The van der Waals surface area contributed by atoms with E-state index in [0.717, 1.165) is 42.5 Å². The van der Waals surface area contributed by atoms with Crippen molar-refractivity contribution in [1.29, 1.82) is 0 Å². The van der Waals surface area contributed by atoms with E-state index >= 15 is 4.39 Å². The van der Waals surface area contributed by atoms with E-state index in [9.17, 15) is 21.6 Å². The van der Waals surface area contributed by atoms with Crippen LogP contribution in [0.15, 0.2) is 31.0 Å². The summed E-state index contributed by atoms with van der Waals surface area (Å²) in [5.41, 5.74) is 0.477. The fourth-order valence-electron chi connectivity index (χ4n) is 4.94. The van der Waals surface area contributed by atoms with Crippen molar-refractivity contribution in [2.75, 3.05) is 19.3 Å². The quantitative estimate of drug-likeness (QED) is 0.393. The number of pyridine rings is 1. The Morgan fingerprint density at radius 2 is 1.95 bits per heavy atom. The van der Waals surface area contributed by atoms with Crippen molar-refractivity contribution in [2.45, 2.75) is 57.9 Å². The van der Waals surface area contributed by atoms with Crippen LogP contribution in [0.1, 0.15) is 61.3 Å². The molecular formula is C26H30ClF4N3O3S. The van der Waals surface area contributed by atoms with Gasteiger partial charge in [0.1, 0.15) is 11.9 Å². The van der Waals surface area contributed by atoms with Crippen LogP contribution in [0.4, 0.5) is 17.6 Å². The molecule has 2 heterocycles. The molecule has 38 heavy (non-hydrogen) atoms. The van der Waals surface area contributed by atoms with Gasteiger partial charge >= 0.3 is 6.18 Å². The molecule has 0 bridgehead atoms. The van der Waals surface area contributed by atoms with Gasteiger partial charge < -0.3 is 4.74 Å². The molecule has 1 saturated carbocycles. The minimum atomic E-state index is -4.62.